The van der Waals surface area contributed by atoms with E-state index in [1.807, 2.05) is 0 Å². The Morgan fingerprint density at radius 1 is 1.25 bits per heavy atom. The molecule has 1 fully saturated rings. The van der Waals surface area contributed by atoms with E-state index in [1.165, 1.54) is 0 Å². The van der Waals surface area contributed by atoms with Gasteiger partial charge in [-0.25, -0.2) is 8.78 Å². The zero-order chi connectivity index (χ0) is 14.9. The highest BCUT2D eigenvalue weighted by Crippen LogP contribution is 2.41. The third kappa shape index (κ3) is 2.94. The van der Waals surface area contributed by atoms with Gasteiger partial charge in [0.2, 0.25) is 0 Å². The number of rotatable bonds is 3. The lowest BCUT2D eigenvalue weighted by Gasteiger charge is -2.32. The minimum atomic E-state index is -1.21. The molecule has 1 saturated carbocycles. The van der Waals surface area contributed by atoms with Crippen LogP contribution in [0.4, 0.5) is 8.78 Å². The highest BCUT2D eigenvalue weighted by molar-refractivity contribution is 6.31. The van der Waals surface area contributed by atoms with E-state index in [9.17, 15) is 23.8 Å². The summed E-state index contributed by atoms with van der Waals surface area (Å²) in [5, 5.41) is 19.4. The van der Waals surface area contributed by atoms with Crippen molar-refractivity contribution in [2.24, 2.45) is 11.8 Å². The van der Waals surface area contributed by atoms with Gasteiger partial charge >= 0.3 is 5.97 Å². The Morgan fingerprint density at radius 3 is 2.50 bits per heavy atom. The minimum absolute atomic E-state index is 0.0451. The van der Waals surface area contributed by atoms with E-state index in [0.29, 0.717) is 12.8 Å². The summed E-state index contributed by atoms with van der Waals surface area (Å²) in [4.78, 5) is 11.2. The third-order valence-electron chi connectivity index (χ3n) is 3.90. The molecular weight excluding hydrogens is 290 g/mol. The molecule has 3 unspecified atom stereocenters. The smallest absolute Gasteiger partial charge is 0.306 e. The largest absolute Gasteiger partial charge is 0.481 e. The molecule has 0 radical (unpaired) electrons. The predicted molar refractivity (Wildman–Crippen MR) is 69.4 cm³/mol. The molecule has 2 rings (SSSR count). The van der Waals surface area contributed by atoms with Crippen molar-refractivity contribution < 1.29 is 23.8 Å². The molecule has 110 valence electrons. The van der Waals surface area contributed by atoms with Gasteiger partial charge in [-0.05, 0) is 25.0 Å². The number of carboxylic acids is 1. The van der Waals surface area contributed by atoms with Crippen LogP contribution in [0.1, 0.15) is 37.4 Å². The molecule has 0 aliphatic heterocycles. The Bertz CT molecular complexity index is 521. The number of hydrogen-bond donors (Lipinski definition) is 2. The van der Waals surface area contributed by atoms with E-state index < -0.39 is 35.5 Å². The molecule has 20 heavy (non-hydrogen) atoms. The quantitative estimate of drug-likeness (QED) is 0.840. The number of halogens is 3. The lowest BCUT2D eigenvalue weighted by molar-refractivity contribution is -0.147. The maximum atomic E-state index is 13.3. The first-order chi connectivity index (χ1) is 9.41. The highest BCUT2D eigenvalue weighted by atomic mass is 35.5. The second kappa shape index (κ2) is 6.06. The molecule has 0 heterocycles. The van der Waals surface area contributed by atoms with Crippen LogP contribution in [0, 0.1) is 23.5 Å². The lowest BCUT2D eigenvalue weighted by Crippen LogP contribution is -2.31. The summed E-state index contributed by atoms with van der Waals surface area (Å²) in [7, 11) is 0. The Morgan fingerprint density at radius 2 is 1.85 bits per heavy atom. The van der Waals surface area contributed by atoms with E-state index in [-0.39, 0.29) is 10.6 Å². The van der Waals surface area contributed by atoms with Crippen molar-refractivity contribution in [3.63, 3.8) is 0 Å². The van der Waals surface area contributed by atoms with Crippen LogP contribution in [0.2, 0.25) is 5.02 Å². The number of benzene rings is 1. The number of carboxylic acid groups (broad SMARTS) is 1. The molecule has 0 spiro atoms. The number of aliphatic carboxylic acids is 1. The van der Waals surface area contributed by atoms with Gasteiger partial charge in [0.1, 0.15) is 0 Å². The fraction of sp³-hybridized carbons (Fsp3) is 0.500. The zero-order valence-electron chi connectivity index (χ0n) is 10.7. The lowest BCUT2D eigenvalue weighted by atomic mass is 9.74. The molecule has 0 amide bonds. The van der Waals surface area contributed by atoms with Gasteiger partial charge in [-0.3, -0.25) is 4.79 Å². The second-order valence-electron chi connectivity index (χ2n) is 5.13. The number of carbonyl (C=O) groups is 1. The van der Waals surface area contributed by atoms with Crippen molar-refractivity contribution in [2.45, 2.75) is 31.8 Å². The third-order valence-corrected chi connectivity index (χ3v) is 4.23. The molecular formula is C14H15ClF2O3. The molecule has 1 aliphatic rings. The predicted octanol–water partition coefficient (Wildman–Crippen LogP) is 3.54. The van der Waals surface area contributed by atoms with Gasteiger partial charge in [0.25, 0.3) is 0 Å². The number of hydrogen-bond acceptors (Lipinski definition) is 2. The molecule has 2 N–H and O–H groups in total. The summed E-state index contributed by atoms with van der Waals surface area (Å²) in [6, 6.07) is 1.64. The molecule has 1 aliphatic carbocycles. The highest BCUT2D eigenvalue weighted by Gasteiger charge is 2.37. The van der Waals surface area contributed by atoms with Gasteiger partial charge in [0.15, 0.2) is 11.6 Å². The van der Waals surface area contributed by atoms with Gasteiger partial charge in [-0.15, -0.1) is 0 Å². The summed E-state index contributed by atoms with van der Waals surface area (Å²) in [6.07, 6.45) is 1.36. The summed E-state index contributed by atoms with van der Waals surface area (Å²) in [5.74, 6) is -4.41. The zero-order valence-corrected chi connectivity index (χ0v) is 11.4. The Kier molecular flexibility index (Phi) is 4.60. The Labute approximate surface area is 120 Å². The van der Waals surface area contributed by atoms with Crippen molar-refractivity contribution >= 4 is 17.6 Å². The van der Waals surface area contributed by atoms with Crippen molar-refractivity contribution in [3.8, 4) is 0 Å². The van der Waals surface area contributed by atoms with Gasteiger partial charge in [-0.1, -0.05) is 24.4 Å². The van der Waals surface area contributed by atoms with Crippen LogP contribution in [0.15, 0.2) is 12.1 Å². The van der Waals surface area contributed by atoms with Crippen LogP contribution in [0.5, 0.6) is 0 Å². The molecule has 0 bridgehead atoms. The van der Waals surface area contributed by atoms with Crippen LogP contribution in [-0.2, 0) is 4.79 Å². The maximum Gasteiger partial charge on any atom is 0.306 e. The average Bonchev–Trinajstić information content (AvgIpc) is 2.42. The fourth-order valence-corrected chi connectivity index (χ4v) is 3.10. The average molecular weight is 305 g/mol. The van der Waals surface area contributed by atoms with Crippen LogP contribution in [0.3, 0.4) is 0 Å². The molecule has 1 aromatic rings. The number of aliphatic hydroxyl groups is 1. The van der Waals surface area contributed by atoms with E-state index >= 15 is 0 Å². The van der Waals surface area contributed by atoms with Gasteiger partial charge in [0.05, 0.1) is 12.0 Å². The first-order valence-corrected chi connectivity index (χ1v) is 6.85. The second-order valence-corrected chi connectivity index (χ2v) is 5.53. The Hall–Kier alpha value is -1.20. The van der Waals surface area contributed by atoms with Gasteiger partial charge in [0, 0.05) is 16.5 Å². The molecule has 6 heteroatoms. The van der Waals surface area contributed by atoms with Gasteiger partial charge in [-0.2, -0.15) is 0 Å². The first-order valence-electron chi connectivity index (χ1n) is 6.47. The molecule has 0 aromatic heterocycles. The standard InChI is InChI=1S/C14H15ClF2O3/c15-10-6-12(17)11(16)5-9(10)13(18)7-3-1-2-4-8(7)14(19)20/h5-8,13,18H,1-4H2,(H,19,20). The van der Waals surface area contributed by atoms with E-state index in [4.69, 9.17) is 11.6 Å². The molecule has 0 saturated heterocycles. The maximum absolute atomic E-state index is 13.3. The van der Waals surface area contributed by atoms with Crippen LogP contribution in [-0.4, -0.2) is 16.2 Å². The fourth-order valence-electron chi connectivity index (χ4n) is 2.84. The molecule has 3 atom stereocenters. The van der Waals surface area contributed by atoms with E-state index in [2.05, 4.69) is 0 Å². The summed E-state index contributed by atoms with van der Waals surface area (Å²) < 4.78 is 26.3. The molecule has 1 aromatic carbocycles. The SMILES string of the molecule is O=C(O)C1CCCCC1C(O)c1cc(F)c(F)cc1Cl. The first kappa shape index (κ1) is 15.2. The van der Waals surface area contributed by atoms with Crippen molar-refractivity contribution in [2.75, 3.05) is 0 Å². The Balaban J connectivity index is 2.32. The van der Waals surface area contributed by atoms with Crippen LogP contribution in [0.25, 0.3) is 0 Å². The van der Waals surface area contributed by atoms with Gasteiger partial charge < -0.3 is 10.2 Å². The van der Waals surface area contributed by atoms with Crippen molar-refractivity contribution in [1.82, 2.24) is 0 Å². The minimum Gasteiger partial charge on any atom is -0.481 e. The summed E-state index contributed by atoms with van der Waals surface area (Å²) >= 11 is 5.83. The van der Waals surface area contributed by atoms with Crippen molar-refractivity contribution in [1.29, 1.82) is 0 Å². The van der Waals surface area contributed by atoms with Crippen LogP contribution < -0.4 is 0 Å². The van der Waals surface area contributed by atoms with E-state index in [0.717, 1.165) is 25.0 Å². The van der Waals surface area contributed by atoms with Crippen molar-refractivity contribution in [3.05, 3.63) is 34.4 Å². The molecule has 3 nitrogen and oxygen atoms in total. The number of aliphatic hydroxyl groups excluding tert-OH is 1. The monoisotopic (exact) mass is 304 g/mol. The normalized spacial score (nSPS) is 24.4. The topological polar surface area (TPSA) is 57.5 Å². The summed E-state index contributed by atoms with van der Waals surface area (Å²) in [5.41, 5.74) is 0.0451. The van der Waals surface area contributed by atoms with E-state index in [1.54, 1.807) is 0 Å². The van der Waals surface area contributed by atoms with Crippen LogP contribution >= 0.6 is 11.6 Å². The summed E-state index contributed by atoms with van der Waals surface area (Å²) in [6.45, 7) is 0.